The lowest BCUT2D eigenvalue weighted by atomic mass is 9.87. The van der Waals surface area contributed by atoms with E-state index in [9.17, 15) is 4.79 Å². The number of hydrogen-bond donors (Lipinski definition) is 0. The Bertz CT molecular complexity index is 254. The van der Waals surface area contributed by atoms with Crippen LogP contribution in [-0.2, 0) is 9.53 Å². The average molecular weight is 183 g/mol. The van der Waals surface area contributed by atoms with E-state index in [1.807, 2.05) is 13.8 Å². The molecule has 3 nitrogen and oxygen atoms in total. The molecule has 3 heteroatoms. The van der Waals surface area contributed by atoms with Gasteiger partial charge in [-0.2, -0.15) is 0 Å². The quantitative estimate of drug-likeness (QED) is 0.577. The van der Waals surface area contributed by atoms with Crippen LogP contribution in [0, 0.1) is 5.92 Å². The van der Waals surface area contributed by atoms with Crippen LogP contribution < -0.4 is 0 Å². The monoisotopic (exact) mass is 183 g/mol. The van der Waals surface area contributed by atoms with E-state index in [4.69, 9.17) is 4.74 Å². The van der Waals surface area contributed by atoms with Gasteiger partial charge in [-0.25, -0.2) is 0 Å². The Labute approximate surface area is 79.2 Å². The highest BCUT2D eigenvalue weighted by atomic mass is 16.5. The average Bonchev–Trinajstić information content (AvgIpc) is 2.09. The smallest absolute Gasteiger partial charge is 0.175 e. The van der Waals surface area contributed by atoms with Gasteiger partial charge in [0.2, 0.25) is 0 Å². The Morgan fingerprint density at radius 3 is 2.23 bits per heavy atom. The molecule has 13 heavy (non-hydrogen) atoms. The molecule has 0 spiro atoms. The predicted octanol–water partition coefficient (Wildman–Crippen LogP) is 1.46. The molecule has 0 N–H and O–H groups in total. The number of Topliss-reactive ketones (excluding diaryl/α,β-unsaturated/α-hetero) is 1. The van der Waals surface area contributed by atoms with Crippen LogP contribution >= 0.6 is 0 Å². The highest BCUT2D eigenvalue weighted by molar-refractivity contribution is 6.02. The number of carbonyl (C=O) groups excluding carboxylic acids is 1. The minimum absolute atomic E-state index is 0.114. The van der Waals surface area contributed by atoms with Gasteiger partial charge >= 0.3 is 0 Å². The molecule has 0 aromatic carbocycles. The third-order valence-corrected chi connectivity index (χ3v) is 2.44. The van der Waals surface area contributed by atoms with Gasteiger partial charge in [-0.05, 0) is 27.7 Å². The van der Waals surface area contributed by atoms with Gasteiger partial charge in [-0.1, -0.05) is 0 Å². The summed E-state index contributed by atoms with van der Waals surface area (Å²) >= 11 is 0. The fraction of sp³-hybridized carbons (Fsp3) is 0.800. The Kier molecular flexibility index (Phi) is 2.32. The number of ketones is 1. The molecule has 0 aromatic rings. The van der Waals surface area contributed by atoms with Crippen molar-refractivity contribution in [1.29, 1.82) is 0 Å². The largest absolute Gasteiger partial charge is 0.361 e. The Morgan fingerprint density at radius 1 is 1.38 bits per heavy atom. The third-order valence-electron chi connectivity index (χ3n) is 2.44. The van der Waals surface area contributed by atoms with Crippen molar-refractivity contribution in [3.8, 4) is 0 Å². The van der Waals surface area contributed by atoms with Gasteiger partial charge in [0.15, 0.2) is 5.78 Å². The lowest BCUT2D eigenvalue weighted by Gasteiger charge is -2.23. The first kappa shape index (κ1) is 10.4. The van der Waals surface area contributed by atoms with Crippen LogP contribution in [0.15, 0.2) is 4.99 Å². The molecule has 1 aliphatic heterocycles. The molecule has 1 fully saturated rings. The van der Waals surface area contributed by atoms with Crippen LogP contribution in [0.1, 0.15) is 27.7 Å². The summed E-state index contributed by atoms with van der Waals surface area (Å²) in [5.74, 6) is -0.101. The minimum Gasteiger partial charge on any atom is -0.361 e. The topological polar surface area (TPSA) is 38.7 Å². The Balaban J connectivity index is 3.02. The van der Waals surface area contributed by atoms with Gasteiger partial charge in [-0.15, -0.1) is 0 Å². The first-order valence-electron chi connectivity index (χ1n) is 4.48. The molecule has 1 rings (SSSR count). The van der Waals surface area contributed by atoms with Crippen molar-refractivity contribution in [3.05, 3.63) is 0 Å². The number of aliphatic imine (C=N–C) groups is 1. The van der Waals surface area contributed by atoms with Crippen molar-refractivity contribution in [3.63, 3.8) is 0 Å². The highest BCUT2D eigenvalue weighted by Gasteiger charge is 2.52. The van der Waals surface area contributed by atoms with E-state index < -0.39 is 11.2 Å². The number of rotatable bonds is 1. The fourth-order valence-corrected chi connectivity index (χ4v) is 1.86. The lowest BCUT2D eigenvalue weighted by Crippen LogP contribution is -2.31. The Hall–Kier alpha value is -0.700. The molecule has 74 valence electrons. The maximum atomic E-state index is 11.8. The molecule has 0 aromatic heterocycles. The summed E-state index contributed by atoms with van der Waals surface area (Å²) < 4.78 is 5.67. The minimum atomic E-state index is -0.671. The number of ether oxygens (including phenoxy) is 1. The molecule has 0 bridgehead atoms. The maximum Gasteiger partial charge on any atom is 0.175 e. The predicted molar refractivity (Wildman–Crippen MR) is 52.2 cm³/mol. The summed E-state index contributed by atoms with van der Waals surface area (Å²) in [4.78, 5) is 15.7. The van der Waals surface area contributed by atoms with Gasteiger partial charge in [0.1, 0.15) is 5.60 Å². The molecule has 1 saturated heterocycles. The lowest BCUT2D eigenvalue weighted by molar-refractivity contribution is -0.132. The molecule has 1 atom stereocenters. The van der Waals surface area contributed by atoms with Crippen molar-refractivity contribution in [1.82, 2.24) is 0 Å². The first-order chi connectivity index (χ1) is 5.81. The van der Waals surface area contributed by atoms with E-state index >= 15 is 0 Å². The Morgan fingerprint density at radius 2 is 1.92 bits per heavy atom. The second kappa shape index (κ2) is 2.91. The van der Waals surface area contributed by atoms with E-state index in [-0.39, 0.29) is 11.7 Å². The van der Waals surface area contributed by atoms with Crippen molar-refractivity contribution < 1.29 is 9.53 Å². The standard InChI is InChI=1S/C10H17NO2/c1-9(2)7(6-11-5)8(12)10(3,4)13-9/h6-7H,1-5H3. The molecule has 1 aliphatic rings. The molecule has 0 aliphatic carbocycles. The van der Waals surface area contributed by atoms with Crippen LogP contribution in [0.25, 0.3) is 0 Å². The molecular weight excluding hydrogens is 166 g/mol. The van der Waals surface area contributed by atoms with Gasteiger partial charge in [0.25, 0.3) is 0 Å². The number of hydrogen-bond acceptors (Lipinski definition) is 3. The van der Waals surface area contributed by atoms with Crippen molar-refractivity contribution >= 4 is 12.0 Å². The molecule has 1 heterocycles. The van der Waals surface area contributed by atoms with Gasteiger partial charge in [-0.3, -0.25) is 9.79 Å². The highest BCUT2D eigenvalue weighted by Crippen LogP contribution is 2.37. The summed E-state index contributed by atoms with van der Waals surface area (Å²) in [7, 11) is 1.68. The third kappa shape index (κ3) is 1.66. The zero-order chi connectivity index (χ0) is 10.3. The van der Waals surface area contributed by atoms with Crippen LogP contribution in [0.4, 0.5) is 0 Å². The van der Waals surface area contributed by atoms with Gasteiger partial charge in [0, 0.05) is 13.3 Å². The van der Waals surface area contributed by atoms with E-state index in [0.717, 1.165) is 0 Å². The maximum absolute atomic E-state index is 11.8. The first-order valence-corrected chi connectivity index (χ1v) is 4.48. The summed E-state index contributed by atoms with van der Waals surface area (Å²) in [6.07, 6.45) is 1.68. The summed E-state index contributed by atoms with van der Waals surface area (Å²) in [5.41, 5.74) is -1.10. The van der Waals surface area contributed by atoms with Crippen LogP contribution in [-0.4, -0.2) is 30.2 Å². The number of nitrogens with zero attached hydrogens (tertiary/aromatic N) is 1. The fourth-order valence-electron chi connectivity index (χ4n) is 1.86. The molecule has 1 unspecified atom stereocenters. The van der Waals surface area contributed by atoms with Crippen molar-refractivity contribution in [2.24, 2.45) is 10.9 Å². The van der Waals surface area contributed by atoms with Crippen LogP contribution in [0.2, 0.25) is 0 Å². The number of carbonyl (C=O) groups is 1. The van der Waals surface area contributed by atoms with E-state index in [0.29, 0.717) is 0 Å². The molecule has 0 saturated carbocycles. The second-order valence-electron chi connectivity index (χ2n) is 4.47. The van der Waals surface area contributed by atoms with E-state index in [1.54, 1.807) is 27.1 Å². The summed E-state index contributed by atoms with van der Waals surface area (Å²) in [6.45, 7) is 7.46. The van der Waals surface area contributed by atoms with Crippen molar-refractivity contribution in [2.75, 3.05) is 7.05 Å². The van der Waals surface area contributed by atoms with Crippen molar-refractivity contribution in [2.45, 2.75) is 38.9 Å². The molecule has 0 radical (unpaired) electrons. The SMILES string of the molecule is CN=CC1C(=O)C(C)(C)OC1(C)C. The normalized spacial score (nSPS) is 31.5. The van der Waals surface area contributed by atoms with Crippen LogP contribution in [0.5, 0.6) is 0 Å². The van der Waals surface area contributed by atoms with Gasteiger partial charge in [0.05, 0.1) is 11.5 Å². The van der Waals surface area contributed by atoms with Crippen LogP contribution in [0.3, 0.4) is 0 Å². The van der Waals surface area contributed by atoms with E-state index in [2.05, 4.69) is 4.99 Å². The summed E-state index contributed by atoms with van der Waals surface area (Å²) in [5, 5.41) is 0. The van der Waals surface area contributed by atoms with E-state index in [1.165, 1.54) is 0 Å². The zero-order valence-corrected chi connectivity index (χ0v) is 8.92. The van der Waals surface area contributed by atoms with Gasteiger partial charge < -0.3 is 4.74 Å². The second-order valence-corrected chi connectivity index (χ2v) is 4.47. The molecule has 0 amide bonds. The zero-order valence-electron chi connectivity index (χ0n) is 8.92. The summed E-state index contributed by atoms with van der Waals surface area (Å²) in [6, 6.07) is 0. The molecular formula is C10H17NO2.